The maximum absolute atomic E-state index is 11.0. The highest BCUT2D eigenvalue weighted by molar-refractivity contribution is 5.93. The molecule has 1 rings (SSSR count). The first-order valence-electron chi connectivity index (χ1n) is 4.22. The maximum atomic E-state index is 11.0. The van der Waals surface area contributed by atoms with E-state index in [-0.39, 0.29) is 12.1 Å². The quantitative estimate of drug-likeness (QED) is 0.597. The molecular weight excluding hydrogens is 174 g/mol. The number of hydrogen-bond acceptors (Lipinski definition) is 3. The summed E-state index contributed by atoms with van der Waals surface area (Å²) in [5.74, 6) is -1.56. The van der Waals surface area contributed by atoms with E-state index >= 15 is 0 Å². The summed E-state index contributed by atoms with van der Waals surface area (Å²) >= 11 is 0. The normalized spacial score (nSPS) is 27.2. The molecule has 1 aliphatic heterocycles. The number of aliphatic carboxylic acids is 1. The van der Waals surface area contributed by atoms with Gasteiger partial charge in [-0.3, -0.25) is 9.59 Å². The van der Waals surface area contributed by atoms with Crippen molar-refractivity contribution in [3.63, 3.8) is 0 Å². The van der Waals surface area contributed by atoms with E-state index in [2.05, 4.69) is 5.32 Å². The second-order valence-corrected chi connectivity index (χ2v) is 3.11. The van der Waals surface area contributed by atoms with Gasteiger partial charge in [0.2, 0.25) is 5.91 Å². The fraction of sp³-hybridized carbons (Fsp3) is 0.750. The van der Waals surface area contributed by atoms with Crippen molar-refractivity contribution in [2.24, 2.45) is 0 Å². The molecule has 0 bridgehead atoms. The second-order valence-electron chi connectivity index (χ2n) is 3.11. The minimum Gasteiger partial charge on any atom is -0.481 e. The Kier molecular flexibility index (Phi) is 3.25. The predicted molar refractivity (Wildman–Crippen MR) is 44.2 cm³/mol. The summed E-state index contributed by atoms with van der Waals surface area (Å²) in [6.45, 7) is 2.48. The van der Waals surface area contributed by atoms with Crippen LogP contribution in [-0.4, -0.2) is 35.7 Å². The molecular formula is C8H13NO4. The van der Waals surface area contributed by atoms with Crippen LogP contribution in [0.1, 0.15) is 19.8 Å². The summed E-state index contributed by atoms with van der Waals surface area (Å²) in [7, 11) is 0. The van der Waals surface area contributed by atoms with Crippen molar-refractivity contribution in [3.05, 3.63) is 0 Å². The van der Waals surface area contributed by atoms with Crippen LogP contribution in [0.4, 0.5) is 0 Å². The average Bonchev–Trinajstić information content (AvgIpc) is 2.34. The molecule has 1 heterocycles. The Morgan fingerprint density at radius 1 is 1.62 bits per heavy atom. The molecule has 0 radical (unpaired) electrons. The standard InChI is InChI=1S/C8H13NO4/c1-5-6(2-3-13-5)9-7(10)4-8(11)12/h5-6H,2-4H2,1H3,(H,9,10)(H,11,12). The van der Waals surface area contributed by atoms with Crippen molar-refractivity contribution >= 4 is 11.9 Å². The lowest BCUT2D eigenvalue weighted by Crippen LogP contribution is -2.39. The van der Waals surface area contributed by atoms with Gasteiger partial charge in [-0.1, -0.05) is 0 Å². The van der Waals surface area contributed by atoms with Crippen LogP contribution in [0.5, 0.6) is 0 Å². The Morgan fingerprint density at radius 3 is 2.77 bits per heavy atom. The highest BCUT2D eigenvalue weighted by Crippen LogP contribution is 2.12. The zero-order chi connectivity index (χ0) is 9.84. The van der Waals surface area contributed by atoms with Gasteiger partial charge in [-0.15, -0.1) is 0 Å². The van der Waals surface area contributed by atoms with Crippen LogP contribution in [0.3, 0.4) is 0 Å². The largest absolute Gasteiger partial charge is 0.481 e. The molecule has 1 fully saturated rings. The molecule has 1 saturated heterocycles. The molecule has 0 aromatic heterocycles. The van der Waals surface area contributed by atoms with Gasteiger partial charge in [-0.05, 0) is 13.3 Å². The van der Waals surface area contributed by atoms with Gasteiger partial charge in [0.1, 0.15) is 6.42 Å². The highest BCUT2D eigenvalue weighted by atomic mass is 16.5. The number of nitrogens with one attached hydrogen (secondary N) is 1. The third kappa shape index (κ3) is 3.02. The van der Waals surface area contributed by atoms with Crippen molar-refractivity contribution < 1.29 is 19.4 Å². The Balaban J connectivity index is 2.31. The zero-order valence-corrected chi connectivity index (χ0v) is 7.45. The number of carboxylic acid groups (broad SMARTS) is 1. The van der Waals surface area contributed by atoms with Crippen LogP contribution < -0.4 is 5.32 Å². The molecule has 2 N–H and O–H groups in total. The molecule has 1 aliphatic rings. The van der Waals surface area contributed by atoms with Gasteiger partial charge in [0.15, 0.2) is 0 Å². The van der Waals surface area contributed by atoms with Crippen LogP contribution in [0.15, 0.2) is 0 Å². The van der Waals surface area contributed by atoms with E-state index in [1.54, 1.807) is 0 Å². The predicted octanol–water partition coefficient (Wildman–Crippen LogP) is -0.245. The van der Waals surface area contributed by atoms with Crippen LogP contribution >= 0.6 is 0 Å². The number of amides is 1. The average molecular weight is 187 g/mol. The minimum atomic E-state index is -1.11. The summed E-state index contributed by atoms with van der Waals surface area (Å²) in [6.07, 6.45) is 0.271. The van der Waals surface area contributed by atoms with Gasteiger partial charge < -0.3 is 15.2 Å². The number of carboxylic acids is 1. The van der Waals surface area contributed by atoms with Gasteiger partial charge in [-0.2, -0.15) is 0 Å². The Bertz CT molecular complexity index is 216. The third-order valence-corrected chi connectivity index (χ3v) is 2.03. The van der Waals surface area contributed by atoms with E-state index in [1.807, 2.05) is 6.92 Å². The van der Waals surface area contributed by atoms with Crippen molar-refractivity contribution in [1.82, 2.24) is 5.32 Å². The van der Waals surface area contributed by atoms with Crippen molar-refractivity contribution in [2.75, 3.05) is 6.61 Å². The Labute approximate surface area is 76.1 Å². The molecule has 5 nitrogen and oxygen atoms in total. The Morgan fingerprint density at radius 2 is 2.31 bits per heavy atom. The Hall–Kier alpha value is -1.10. The maximum Gasteiger partial charge on any atom is 0.312 e. The third-order valence-electron chi connectivity index (χ3n) is 2.03. The number of ether oxygens (including phenoxy) is 1. The van der Waals surface area contributed by atoms with Gasteiger partial charge in [0, 0.05) is 6.61 Å². The van der Waals surface area contributed by atoms with Crippen LogP contribution in [-0.2, 0) is 14.3 Å². The summed E-state index contributed by atoms with van der Waals surface area (Å²) in [5.41, 5.74) is 0. The molecule has 0 spiro atoms. The van der Waals surface area contributed by atoms with Gasteiger partial charge in [-0.25, -0.2) is 0 Å². The van der Waals surface area contributed by atoms with E-state index in [0.717, 1.165) is 6.42 Å². The van der Waals surface area contributed by atoms with E-state index in [9.17, 15) is 9.59 Å². The summed E-state index contributed by atoms with van der Waals surface area (Å²) in [4.78, 5) is 21.2. The summed E-state index contributed by atoms with van der Waals surface area (Å²) in [6, 6.07) is -0.0353. The smallest absolute Gasteiger partial charge is 0.312 e. The molecule has 2 unspecified atom stereocenters. The molecule has 0 saturated carbocycles. The number of carbonyl (C=O) groups is 2. The van der Waals surface area contributed by atoms with Gasteiger partial charge in [0.05, 0.1) is 12.1 Å². The lowest BCUT2D eigenvalue weighted by atomic mass is 10.1. The lowest BCUT2D eigenvalue weighted by Gasteiger charge is -2.14. The van der Waals surface area contributed by atoms with Crippen LogP contribution in [0.2, 0.25) is 0 Å². The lowest BCUT2D eigenvalue weighted by molar-refractivity contribution is -0.141. The topological polar surface area (TPSA) is 75.6 Å². The van der Waals surface area contributed by atoms with Gasteiger partial charge in [0.25, 0.3) is 0 Å². The number of hydrogen-bond donors (Lipinski definition) is 2. The molecule has 2 atom stereocenters. The molecule has 1 amide bonds. The number of carbonyl (C=O) groups excluding carboxylic acids is 1. The molecule has 74 valence electrons. The number of rotatable bonds is 3. The molecule has 13 heavy (non-hydrogen) atoms. The molecule has 0 aromatic rings. The first kappa shape index (κ1) is 9.98. The first-order valence-corrected chi connectivity index (χ1v) is 4.22. The van der Waals surface area contributed by atoms with E-state index in [1.165, 1.54) is 0 Å². The van der Waals surface area contributed by atoms with E-state index in [0.29, 0.717) is 6.61 Å². The molecule has 5 heteroatoms. The molecule has 0 aromatic carbocycles. The first-order chi connectivity index (χ1) is 6.09. The minimum absolute atomic E-state index is 0.0160. The van der Waals surface area contributed by atoms with E-state index < -0.39 is 18.3 Å². The van der Waals surface area contributed by atoms with Gasteiger partial charge >= 0.3 is 5.97 Å². The van der Waals surface area contributed by atoms with Crippen LogP contribution in [0, 0.1) is 0 Å². The fourth-order valence-electron chi connectivity index (χ4n) is 1.32. The van der Waals surface area contributed by atoms with Crippen molar-refractivity contribution in [2.45, 2.75) is 31.9 Å². The molecule has 0 aliphatic carbocycles. The monoisotopic (exact) mass is 187 g/mol. The summed E-state index contributed by atoms with van der Waals surface area (Å²) in [5, 5.41) is 10.9. The van der Waals surface area contributed by atoms with E-state index in [4.69, 9.17) is 9.84 Å². The van der Waals surface area contributed by atoms with Crippen molar-refractivity contribution in [3.8, 4) is 0 Å². The fourth-order valence-corrected chi connectivity index (χ4v) is 1.32. The SMILES string of the molecule is CC1OCCC1NC(=O)CC(=O)O. The highest BCUT2D eigenvalue weighted by Gasteiger charge is 2.25. The summed E-state index contributed by atoms with van der Waals surface area (Å²) < 4.78 is 5.21. The van der Waals surface area contributed by atoms with Crippen LogP contribution in [0.25, 0.3) is 0 Å². The van der Waals surface area contributed by atoms with Crippen molar-refractivity contribution in [1.29, 1.82) is 0 Å². The second kappa shape index (κ2) is 4.23. The zero-order valence-electron chi connectivity index (χ0n) is 7.45.